The lowest BCUT2D eigenvalue weighted by Gasteiger charge is -2.33. The molecular weight excluding hydrogens is 632 g/mol. The fourth-order valence-electron chi connectivity index (χ4n) is 9.39. The summed E-state index contributed by atoms with van der Waals surface area (Å²) in [4.78, 5) is 28.2. The van der Waals surface area contributed by atoms with E-state index in [1.165, 1.54) is 0 Å². The van der Waals surface area contributed by atoms with Crippen LogP contribution in [-0.2, 0) is 36.1 Å². The molecule has 2 fully saturated rings. The number of nitrogens with zero attached hydrogens (tertiary/aromatic N) is 7. The minimum atomic E-state index is -0.464. The van der Waals surface area contributed by atoms with Crippen LogP contribution in [0, 0.1) is 11.3 Å². The number of likely N-dealkylation sites (tertiary alicyclic amines) is 1. The number of aryl methyl sites for hydroxylation is 1. The molecule has 6 heterocycles. The summed E-state index contributed by atoms with van der Waals surface area (Å²) >= 11 is 0. The average molecular weight is 675 g/mol. The second kappa shape index (κ2) is 12.0. The number of anilines is 2. The van der Waals surface area contributed by atoms with Crippen molar-refractivity contribution < 1.29 is 14.0 Å². The van der Waals surface area contributed by atoms with Crippen LogP contribution >= 0.6 is 0 Å². The fourth-order valence-corrected chi connectivity index (χ4v) is 9.39. The Morgan fingerprint density at radius 1 is 1.10 bits per heavy atom. The first kappa shape index (κ1) is 31.3. The van der Waals surface area contributed by atoms with Gasteiger partial charge in [0.1, 0.15) is 18.0 Å². The number of benzene rings is 1. The van der Waals surface area contributed by atoms with Gasteiger partial charge in [0.25, 0.3) is 5.56 Å². The maximum absolute atomic E-state index is 13.7. The first-order valence-electron chi connectivity index (χ1n) is 18.0. The van der Waals surface area contributed by atoms with Crippen molar-refractivity contribution in [1.82, 2.24) is 24.6 Å². The highest BCUT2D eigenvalue weighted by molar-refractivity contribution is 5.68. The molecule has 0 saturated carbocycles. The Morgan fingerprint density at radius 2 is 2.00 bits per heavy atom. The Hall–Kier alpha value is -4.73. The summed E-state index contributed by atoms with van der Waals surface area (Å²) in [6.07, 6.45) is 9.09. The Morgan fingerprint density at radius 3 is 2.80 bits per heavy atom. The summed E-state index contributed by atoms with van der Waals surface area (Å²) in [5.74, 6) is 2.38. The highest BCUT2D eigenvalue weighted by Crippen LogP contribution is 2.54. The molecule has 1 aromatic carbocycles. The molecule has 3 aromatic heterocycles. The van der Waals surface area contributed by atoms with Crippen molar-refractivity contribution in [2.45, 2.75) is 95.0 Å². The van der Waals surface area contributed by atoms with Crippen LogP contribution in [0.5, 0.6) is 5.88 Å². The topological polar surface area (TPSA) is 149 Å². The number of ether oxygens (including phenoxy) is 2. The molecule has 0 unspecified atom stereocenters. The summed E-state index contributed by atoms with van der Waals surface area (Å²) in [6, 6.07) is 10.6. The highest BCUT2D eigenvalue weighted by Gasteiger charge is 2.49. The van der Waals surface area contributed by atoms with Crippen LogP contribution in [0.1, 0.15) is 90.6 Å². The number of nitrogens with two attached hydrogens (primary N) is 1. The summed E-state index contributed by atoms with van der Waals surface area (Å²) in [5.41, 5.74) is 12.5. The number of rotatable bonds is 6. The summed E-state index contributed by atoms with van der Waals surface area (Å²) < 4.78 is 20.3. The molecule has 0 bridgehead atoms. The molecule has 2 N–H and O–H groups in total. The van der Waals surface area contributed by atoms with Crippen molar-refractivity contribution >= 4 is 11.5 Å². The van der Waals surface area contributed by atoms with E-state index in [-0.39, 0.29) is 23.7 Å². The van der Waals surface area contributed by atoms with E-state index in [9.17, 15) is 10.1 Å². The van der Waals surface area contributed by atoms with Crippen LogP contribution < -0.4 is 20.9 Å². The molecule has 258 valence electrons. The first-order chi connectivity index (χ1) is 24.3. The largest absolute Gasteiger partial charge is 0.473 e. The summed E-state index contributed by atoms with van der Waals surface area (Å²) in [5, 5.41) is 14.8. The minimum absolute atomic E-state index is 0.0363. The molecule has 1 spiro atoms. The van der Waals surface area contributed by atoms with Gasteiger partial charge in [0, 0.05) is 48.3 Å². The third kappa shape index (κ3) is 4.85. The predicted octanol–water partition coefficient (Wildman–Crippen LogP) is 4.66. The molecule has 4 atom stereocenters. The Balaban J connectivity index is 1.11. The molecule has 0 amide bonds. The number of nitrogen functional groups attached to an aromatic ring is 1. The average Bonchev–Trinajstić information content (AvgIpc) is 3.96. The molecule has 2 saturated heterocycles. The van der Waals surface area contributed by atoms with Gasteiger partial charge >= 0.3 is 0 Å². The lowest BCUT2D eigenvalue weighted by molar-refractivity contribution is 0.117. The van der Waals surface area contributed by atoms with Gasteiger partial charge in [-0.05, 0) is 101 Å². The zero-order valence-electron chi connectivity index (χ0n) is 28.7. The predicted molar refractivity (Wildman–Crippen MR) is 186 cm³/mol. The van der Waals surface area contributed by atoms with Gasteiger partial charge < -0.3 is 29.2 Å². The molecule has 50 heavy (non-hydrogen) atoms. The Labute approximate surface area is 290 Å². The lowest BCUT2D eigenvalue weighted by Crippen LogP contribution is -2.38. The Kier molecular flexibility index (Phi) is 7.47. The quantitative estimate of drug-likeness (QED) is 0.285. The zero-order valence-corrected chi connectivity index (χ0v) is 28.7. The van der Waals surface area contributed by atoms with E-state index < -0.39 is 5.41 Å². The molecule has 12 nitrogen and oxygen atoms in total. The van der Waals surface area contributed by atoms with Gasteiger partial charge in [-0.15, -0.1) is 0 Å². The molecule has 9 rings (SSSR count). The van der Waals surface area contributed by atoms with Crippen molar-refractivity contribution in [3.05, 3.63) is 80.0 Å². The summed E-state index contributed by atoms with van der Waals surface area (Å²) in [6.45, 7) is 5.38. The van der Waals surface area contributed by atoms with Crippen LogP contribution in [0.3, 0.4) is 0 Å². The van der Waals surface area contributed by atoms with Crippen LogP contribution in [0.4, 0.5) is 11.5 Å². The minimum Gasteiger partial charge on any atom is -0.473 e. The monoisotopic (exact) mass is 674 g/mol. The van der Waals surface area contributed by atoms with E-state index in [0.29, 0.717) is 60.8 Å². The van der Waals surface area contributed by atoms with Gasteiger partial charge in [-0.2, -0.15) is 10.2 Å². The van der Waals surface area contributed by atoms with Crippen molar-refractivity contribution in [3.63, 3.8) is 0 Å². The number of hydrogen-bond donors (Lipinski definition) is 1. The van der Waals surface area contributed by atoms with Crippen molar-refractivity contribution in [3.8, 4) is 23.5 Å². The maximum Gasteiger partial charge on any atom is 0.256 e. The van der Waals surface area contributed by atoms with Gasteiger partial charge in [-0.25, -0.2) is 4.98 Å². The molecular formula is C38H42N8O4. The van der Waals surface area contributed by atoms with Gasteiger partial charge in [-0.3, -0.25) is 9.69 Å². The van der Waals surface area contributed by atoms with Gasteiger partial charge in [0.15, 0.2) is 17.3 Å². The molecule has 5 aliphatic rings. The van der Waals surface area contributed by atoms with Crippen LogP contribution in [0.2, 0.25) is 0 Å². The molecule has 4 aromatic rings. The fraction of sp³-hybridized carbons (Fsp3) is 0.500. The van der Waals surface area contributed by atoms with Crippen LogP contribution in [0.15, 0.2) is 39.8 Å². The number of nitriles is 1. The number of fused-ring (bicyclic) bond motifs is 5. The molecule has 0 radical (unpaired) electrons. The lowest BCUT2D eigenvalue weighted by atomic mass is 9.68. The van der Waals surface area contributed by atoms with Crippen molar-refractivity contribution in [2.24, 2.45) is 0 Å². The third-order valence-electron chi connectivity index (χ3n) is 12.0. The second-order valence-corrected chi connectivity index (χ2v) is 14.8. The standard InChI is InChI=1S/C38H42N8O4/c1-22(30-6-4-14-44(30)2)49-32-17-31(45-19-24-10-15-46(25-11-16-48-21-25)37(47)28(24)20-45)41-36(42-32)34-26-5-3-12-38(35(26)50-43-34)13-9-23-7-8-29(40)27(18-39)33(23)38/h7-8,10,15,17,22,25,30H,3-6,9,11-14,16,19-21,40H2,1-2H3/t22-,25+,30-,38-/m0/s1. The van der Waals surface area contributed by atoms with E-state index in [2.05, 4.69) is 47.1 Å². The van der Waals surface area contributed by atoms with E-state index >= 15 is 0 Å². The number of likely N-dealkylation sites (N-methyl/N-ethyl adjacent to an activating group) is 1. The SMILES string of the molecule is C[C@H](Oc1cc(N2Cc3ccn([C@@H]4CCOC4)c(=O)c3C2)nc(-c2noc3c2CCC[C@@]32CCc3ccc(N)c(C#N)c32)n1)[C@@H]1CCCN1C. The van der Waals surface area contributed by atoms with Crippen LogP contribution in [-0.4, -0.2) is 63.5 Å². The number of aromatic nitrogens is 4. The van der Waals surface area contributed by atoms with E-state index in [4.69, 9.17) is 29.7 Å². The number of pyridine rings is 1. The van der Waals surface area contributed by atoms with Gasteiger partial charge in [0.05, 0.1) is 30.2 Å². The maximum atomic E-state index is 13.7. The number of hydrogen-bond acceptors (Lipinski definition) is 11. The molecule has 3 aliphatic heterocycles. The second-order valence-electron chi connectivity index (χ2n) is 14.8. The van der Waals surface area contributed by atoms with Crippen molar-refractivity contribution in [2.75, 3.05) is 37.4 Å². The zero-order chi connectivity index (χ0) is 34.1. The Bertz CT molecular complexity index is 2100. The van der Waals surface area contributed by atoms with Gasteiger partial charge in [0.2, 0.25) is 5.88 Å². The highest BCUT2D eigenvalue weighted by atomic mass is 16.5. The third-order valence-corrected chi connectivity index (χ3v) is 12.0. The normalized spacial score (nSPS) is 24.7. The molecule has 12 heteroatoms. The van der Waals surface area contributed by atoms with E-state index in [1.807, 2.05) is 22.9 Å². The van der Waals surface area contributed by atoms with E-state index in [1.54, 1.807) is 0 Å². The molecule has 2 aliphatic carbocycles. The van der Waals surface area contributed by atoms with Crippen LogP contribution in [0.25, 0.3) is 11.5 Å². The first-order valence-corrected chi connectivity index (χ1v) is 18.0. The summed E-state index contributed by atoms with van der Waals surface area (Å²) in [7, 11) is 2.14. The van der Waals surface area contributed by atoms with Gasteiger partial charge in [-0.1, -0.05) is 11.2 Å². The smallest absolute Gasteiger partial charge is 0.256 e. The van der Waals surface area contributed by atoms with Crippen molar-refractivity contribution in [1.29, 1.82) is 5.26 Å². The van der Waals surface area contributed by atoms with E-state index in [0.717, 1.165) is 91.5 Å².